The summed E-state index contributed by atoms with van der Waals surface area (Å²) in [6, 6.07) is 14.6. The first kappa shape index (κ1) is 20.2. The third-order valence-corrected chi connectivity index (χ3v) is 6.91. The molecule has 1 N–H and O–H groups in total. The maximum absolute atomic E-state index is 12.6. The second-order valence-electron chi connectivity index (χ2n) is 7.30. The second-order valence-corrected chi connectivity index (χ2v) is 9.30. The number of aryl methyl sites for hydroxylation is 1. The normalized spacial score (nSPS) is 15.0. The van der Waals surface area contributed by atoms with Gasteiger partial charge in [-0.15, -0.1) is 11.3 Å². The molecule has 5 nitrogen and oxygen atoms in total. The van der Waals surface area contributed by atoms with Gasteiger partial charge in [-0.3, -0.25) is 9.69 Å². The minimum absolute atomic E-state index is 0.199. The smallest absolute Gasteiger partial charge is 0.233 e. The lowest BCUT2D eigenvalue weighted by molar-refractivity contribution is -0.130. The number of carbonyl (C=O) groups excluding carboxylic acids is 1. The highest BCUT2D eigenvalue weighted by molar-refractivity contribution is 7.99. The Labute approximate surface area is 180 Å². The maximum Gasteiger partial charge on any atom is 0.233 e. The van der Waals surface area contributed by atoms with E-state index in [0.717, 1.165) is 55.7 Å². The van der Waals surface area contributed by atoms with Crippen molar-refractivity contribution in [2.75, 3.05) is 31.9 Å². The molecule has 0 bridgehead atoms. The number of nitrogens with zero attached hydrogens (tertiary/aromatic N) is 3. The number of nitrogens with one attached hydrogen (secondary N) is 1. The summed E-state index contributed by atoms with van der Waals surface area (Å²) in [5, 5.41) is 2.95. The number of imidazole rings is 1. The van der Waals surface area contributed by atoms with Crippen LogP contribution in [0.15, 0.2) is 53.0 Å². The first-order valence-corrected chi connectivity index (χ1v) is 11.8. The van der Waals surface area contributed by atoms with Gasteiger partial charge < -0.3 is 9.88 Å². The molecule has 4 rings (SSSR count). The van der Waals surface area contributed by atoms with E-state index in [1.165, 1.54) is 22.2 Å². The van der Waals surface area contributed by atoms with Crippen LogP contribution in [-0.4, -0.2) is 57.6 Å². The van der Waals surface area contributed by atoms with E-state index in [-0.39, 0.29) is 5.91 Å². The molecule has 0 radical (unpaired) electrons. The van der Waals surface area contributed by atoms with Gasteiger partial charge in [-0.25, -0.2) is 4.98 Å². The third-order valence-electron chi connectivity index (χ3n) is 5.20. The van der Waals surface area contributed by atoms with Crippen molar-refractivity contribution in [2.24, 2.45) is 0 Å². The van der Waals surface area contributed by atoms with E-state index >= 15 is 0 Å². The molecule has 1 aliphatic rings. The van der Waals surface area contributed by atoms with Gasteiger partial charge in [0, 0.05) is 49.7 Å². The van der Waals surface area contributed by atoms with Crippen molar-refractivity contribution in [1.82, 2.24) is 19.8 Å². The average Bonchev–Trinajstić information content (AvgIpc) is 3.37. The number of rotatable bonds is 7. The number of aromatic amines is 1. The monoisotopic (exact) mass is 426 g/mol. The van der Waals surface area contributed by atoms with Gasteiger partial charge in [0.15, 0.2) is 5.16 Å². The number of aromatic nitrogens is 2. The molecular formula is C22H26N4OS2. The highest BCUT2D eigenvalue weighted by Crippen LogP contribution is 2.20. The molecule has 0 spiro atoms. The number of carbonyl (C=O) groups is 1. The van der Waals surface area contributed by atoms with Crippen molar-refractivity contribution in [3.05, 3.63) is 69.7 Å². The van der Waals surface area contributed by atoms with Crippen LogP contribution in [0.1, 0.15) is 21.8 Å². The van der Waals surface area contributed by atoms with Crippen LogP contribution in [0.2, 0.25) is 0 Å². The van der Waals surface area contributed by atoms with Gasteiger partial charge in [0.1, 0.15) is 0 Å². The summed E-state index contributed by atoms with van der Waals surface area (Å²) in [6.45, 7) is 6.53. The van der Waals surface area contributed by atoms with Crippen LogP contribution in [0.5, 0.6) is 0 Å². The van der Waals surface area contributed by atoms with Crippen molar-refractivity contribution < 1.29 is 4.79 Å². The molecule has 0 aliphatic carbocycles. The summed E-state index contributed by atoms with van der Waals surface area (Å²) >= 11 is 3.30. The van der Waals surface area contributed by atoms with Crippen molar-refractivity contribution in [2.45, 2.75) is 25.0 Å². The van der Waals surface area contributed by atoms with E-state index in [2.05, 4.69) is 39.5 Å². The first-order chi connectivity index (χ1) is 14.2. The summed E-state index contributed by atoms with van der Waals surface area (Å²) in [5.74, 6) is 0.632. The van der Waals surface area contributed by atoms with Crippen molar-refractivity contribution in [3.8, 4) is 0 Å². The van der Waals surface area contributed by atoms with Crippen LogP contribution >= 0.6 is 23.1 Å². The topological polar surface area (TPSA) is 52.2 Å². The van der Waals surface area contributed by atoms with E-state index in [4.69, 9.17) is 4.98 Å². The minimum atomic E-state index is 0.199. The Hall–Kier alpha value is -2.09. The molecule has 1 fully saturated rings. The molecule has 1 aromatic carbocycles. The molecule has 3 aromatic rings. The lowest BCUT2D eigenvalue weighted by atomic mass is 10.1. The summed E-state index contributed by atoms with van der Waals surface area (Å²) in [4.78, 5) is 26.5. The SMILES string of the molecule is Cc1[nH]c(SCC(=O)N2CCN(Cc3cccs3)CC2)nc1Cc1ccccc1. The van der Waals surface area contributed by atoms with Crippen LogP contribution in [-0.2, 0) is 17.8 Å². The lowest BCUT2D eigenvalue weighted by Crippen LogP contribution is -2.48. The van der Waals surface area contributed by atoms with E-state index < -0.39 is 0 Å². The lowest BCUT2D eigenvalue weighted by Gasteiger charge is -2.34. The number of thiophene rings is 1. The molecule has 0 saturated carbocycles. The van der Waals surface area contributed by atoms with Gasteiger partial charge in [-0.05, 0) is 23.9 Å². The predicted octanol–water partition coefficient (Wildman–Crippen LogP) is 3.81. The van der Waals surface area contributed by atoms with Crippen LogP contribution in [0, 0.1) is 6.92 Å². The highest BCUT2D eigenvalue weighted by atomic mass is 32.2. The summed E-state index contributed by atoms with van der Waals surface area (Å²) in [5.41, 5.74) is 3.37. The largest absolute Gasteiger partial charge is 0.339 e. The summed E-state index contributed by atoms with van der Waals surface area (Å²) in [6.07, 6.45) is 0.809. The van der Waals surface area contributed by atoms with Crippen LogP contribution in [0.25, 0.3) is 0 Å². The molecule has 3 heterocycles. The molecule has 1 saturated heterocycles. The second kappa shape index (κ2) is 9.61. The predicted molar refractivity (Wildman–Crippen MR) is 119 cm³/mol. The quantitative estimate of drug-likeness (QED) is 0.584. The Balaban J connectivity index is 1.24. The number of benzene rings is 1. The number of hydrogen-bond acceptors (Lipinski definition) is 5. The highest BCUT2D eigenvalue weighted by Gasteiger charge is 2.21. The standard InChI is InChI=1S/C22H26N4OS2/c1-17-20(14-18-6-3-2-4-7-18)24-22(23-17)29-16-21(27)26-11-9-25(10-12-26)15-19-8-5-13-28-19/h2-8,13H,9-12,14-16H2,1H3,(H,23,24). The molecular weight excluding hydrogens is 400 g/mol. The van der Waals surface area contributed by atoms with Gasteiger partial charge in [-0.2, -0.15) is 0 Å². The van der Waals surface area contributed by atoms with E-state index in [9.17, 15) is 4.79 Å². The van der Waals surface area contributed by atoms with Crippen molar-refractivity contribution in [1.29, 1.82) is 0 Å². The number of piperazine rings is 1. The van der Waals surface area contributed by atoms with Crippen molar-refractivity contribution in [3.63, 3.8) is 0 Å². The molecule has 29 heavy (non-hydrogen) atoms. The number of amides is 1. The minimum Gasteiger partial charge on any atom is -0.339 e. The molecule has 0 unspecified atom stereocenters. The number of hydrogen-bond donors (Lipinski definition) is 1. The van der Waals surface area contributed by atoms with Crippen LogP contribution < -0.4 is 0 Å². The Morgan fingerprint density at radius 2 is 1.93 bits per heavy atom. The van der Waals surface area contributed by atoms with Gasteiger partial charge in [-0.1, -0.05) is 48.2 Å². The fourth-order valence-corrected chi connectivity index (χ4v) is 5.09. The van der Waals surface area contributed by atoms with E-state index in [0.29, 0.717) is 5.75 Å². The molecule has 1 amide bonds. The van der Waals surface area contributed by atoms with Crippen LogP contribution in [0.4, 0.5) is 0 Å². The summed E-state index contributed by atoms with van der Waals surface area (Å²) in [7, 11) is 0. The molecule has 152 valence electrons. The Kier molecular flexibility index (Phi) is 6.69. The zero-order valence-corrected chi connectivity index (χ0v) is 18.3. The fourth-order valence-electron chi connectivity index (χ4n) is 3.50. The van der Waals surface area contributed by atoms with Gasteiger partial charge in [0.25, 0.3) is 0 Å². The van der Waals surface area contributed by atoms with Gasteiger partial charge in [0.2, 0.25) is 5.91 Å². The fraction of sp³-hybridized carbons (Fsp3) is 0.364. The zero-order chi connectivity index (χ0) is 20.1. The number of H-pyrrole nitrogens is 1. The van der Waals surface area contributed by atoms with Gasteiger partial charge >= 0.3 is 0 Å². The van der Waals surface area contributed by atoms with Crippen molar-refractivity contribution >= 4 is 29.0 Å². The first-order valence-electron chi connectivity index (χ1n) is 9.92. The Bertz CT molecular complexity index is 916. The number of thioether (sulfide) groups is 1. The maximum atomic E-state index is 12.6. The Morgan fingerprint density at radius 3 is 2.66 bits per heavy atom. The Morgan fingerprint density at radius 1 is 1.14 bits per heavy atom. The zero-order valence-electron chi connectivity index (χ0n) is 16.6. The summed E-state index contributed by atoms with van der Waals surface area (Å²) < 4.78 is 0. The van der Waals surface area contributed by atoms with Crippen LogP contribution in [0.3, 0.4) is 0 Å². The van der Waals surface area contributed by atoms with E-state index in [1.54, 1.807) is 11.3 Å². The molecule has 2 aromatic heterocycles. The van der Waals surface area contributed by atoms with E-state index in [1.807, 2.05) is 30.0 Å². The third kappa shape index (κ3) is 5.50. The molecule has 1 aliphatic heterocycles. The average molecular weight is 427 g/mol. The molecule has 0 atom stereocenters. The molecule has 7 heteroatoms. The van der Waals surface area contributed by atoms with Gasteiger partial charge in [0.05, 0.1) is 11.4 Å².